The highest BCUT2D eigenvalue weighted by Crippen LogP contribution is 1.91. The van der Waals surface area contributed by atoms with Gasteiger partial charge in [-0.15, -0.1) is 0 Å². The SMILES string of the molecule is C=O.c1ccncc1.c1ccsc1. The summed E-state index contributed by atoms with van der Waals surface area (Å²) in [5.41, 5.74) is 0. The molecular weight excluding hydrogens is 182 g/mol. The topological polar surface area (TPSA) is 30.0 Å². The molecule has 0 unspecified atom stereocenters. The second-order valence-corrected chi connectivity index (χ2v) is 2.63. The normalized spacial score (nSPS) is 7.08. The monoisotopic (exact) mass is 193 g/mol. The van der Waals surface area contributed by atoms with Crippen molar-refractivity contribution < 1.29 is 4.79 Å². The number of hydrogen-bond acceptors (Lipinski definition) is 3. The molecule has 2 aromatic heterocycles. The van der Waals surface area contributed by atoms with Crippen LogP contribution >= 0.6 is 11.3 Å². The summed E-state index contributed by atoms with van der Waals surface area (Å²) in [6.07, 6.45) is 3.50. The van der Waals surface area contributed by atoms with Gasteiger partial charge in [0, 0.05) is 12.4 Å². The minimum absolute atomic E-state index is 1.71. The van der Waals surface area contributed by atoms with E-state index < -0.39 is 0 Å². The van der Waals surface area contributed by atoms with Crippen molar-refractivity contribution in [3.63, 3.8) is 0 Å². The average Bonchev–Trinajstić information content (AvgIpc) is 2.82. The third-order valence-electron chi connectivity index (χ3n) is 0.992. The predicted octanol–water partition coefficient (Wildman–Crippen LogP) is 2.64. The van der Waals surface area contributed by atoms with Crippen LogP contribution in [0.4, 0.5) is 0 Å². The summed E-state index contributed by atoms with van der Waals surface area (Å²) in [5.74, 6) is 0. The van der Waals surface area contributed by atoms with Crippen molar-refractivity contribution >= 4 is 18.1 Å². The molecule has 0 aliphatic rings. The highest BCUT2D eigenvalue weighted by molar-refractivity contribution is 7.07. The first-order chi connectivity index (χ1) is 6.50. The van der Waals surface area contributed by atoms with Crippen LogP contribution in [-0.4, -0.2) is 11.8 Å². The Morgan fingerprint density at radius 1 is 0.846 bits per heavy atom. The molecule has 0 saturated carbocycles. The van der Waals surface area contributed by atoms with Gasteiger partial charge in [0.25, 0.3) is 0 Å². The fourth-order valence-electron chi connectivity index (χ4n) is 0.539. The van der Waals surface area contributed by atoms with E-state index in [-0.39, 0.29) is 0 Å². The van der Waals surface area contributed by atoms with Gasteiger partial charge >= 0.3 is 0 Å². The van der Waals surface area contributed by atoms with Crippen LogP contribution in [0.3, 0.4) is 0 Å². The summed E-state index contributed by atoms with van der Waals surface area (Å²) < 4.78 is 0. The molecule has 0 radical (unpaired) electrons. The number of carbonyl (C=O) groups is 1. The molecule has 0 N–H and O–H groups in total. The van der Waals surface area contributed by atoms with Gasteiger partial charge in [-0.25, -0.2) is 0 Å². The lowest BCUT2D eigenvalue weighted by Gasteiger charge is -1.70. The number of nitrogens with zero attached hydrogens (tertiary/aromatic N) is 1. The van der Waals surface area contributed by atoms with Crippen LogP contribution in [-0.2, 0) is 4.79 Å². The Morgan fingerprint density at radius 2 is 1.38 bits per heavy atom. The Bertz CT molecular complexity index is 213. The number of pyridine rings is 1. The van der Waals surface area contributed by atoms with Crippen LogP contribution < -0.4 is 0 Å². The van der Waals surface area contributed by atoms with E-state index in [2.05, 4.69) is 4.98 Å². The second-order valence-electron chi connectivity index (χ2n) is 1.82. The first-order valence-corrected chi connectivity index (χ1v) is 4.55. The van der Waals surface area contributed by atoms with E-state index in [1.54, 1.807) is 23.7 Å². The number of rotatable bonds is 0. The Kier molecular flexibility index (Phi) is 9.32. The van der Waals surface area contributed by atoms with Gasteiger partial charge in [-0.05, 0) is 22.9 Å². The molecule has 2 aromatic rings. The van der Waals surface area contributed by atoms with Crippen LogP contribution in [0.25, 0.3) is 0 Å². The van der Waals surface area contributed by atoms with Crippen LogP contribution in [0.15, 0.2) is 53.5 Å². The van der Waals surface area contributed by atoms with Crippen molar-refractivity contribution in [3.8, 4) is 0 Å². The van der Waals surface area contributed by atoms with Crippen molar-refractivity contribution in [2.45, 2.75) is 0 Å². The maximum atomic E-state index is 8.00. The summed E-state index contributed by atoms with van der Waals surface area (Å²) in [6.45, 7) is 2.00. The summed E-state index contributed by atoms with van der Waals surface area (Å²) in [6, 6.07) is 9.75. The van der Waals surface area contributed by atoms with Crippen molar-refractivity contribution in [2.75, 3.05) is 0 Å². The second kappa shape index (κ2) is 10.5. The van der Waals surface area contributed by atoms with Crippen molar-refractivity contribution in [3.05, 3.63) is 53.5 Å². The van der Waals surface area contributed by atoms with E-state index in [9.17, 15) is 0 Å². The summed E-state index contributed by atoms with van der Waals surface area (Å²) >= 11 is 1.71. The maximum Gasteiger partial charge on any atom is 0.106 e. The van der Waals surface area contributed by atoms with E-state index >= 15 is 0 Å². The standard InChI is InChI=1S/C5H5N.C4H4S.CH2O/c1-2-4-6-5-3-1;1-2-4-5-3-1;1-2/h1-5H;1-4H;1H2. The van der Waals surface area contributed by atoms with Crippen molar-refractivity contribution in [2.24, 2.45) is 0 Å². The van der Waals surface area contributed by atoms with Gasteiger partial charge in [0.1, 0.15) is 6.79 Å². The van der Waals surface area contributed by atoms with Crippen LogP contribution in [0.2, 0.25) is 0 Å². The van der Waals surface area contributed by atoms with Gasteiger partial charge in [-0.3, -0.25) is 4.98 Å². The molecule has 2 nitrogen and oxygen atoms in total. The highest BCUT2D eigenvalue weighted by Gasteiger charge is 1.59. The third-order valence-corrected chi connectivity index (χ3v) is 1.62. The fraction of sp³-hybridized carbons (Fsp3) is 0. The smallest absolute Gasteiger partial charge is 0.106 e. The van der Waals surface area contributed by atoms with Gasteiger partial charge in [0.15, 0.2) is 0 Å². The fourth-order valence-corrected chi connectivity index (χ4v) is 0.993. The number of hydrogen-bond donors (Lipinski definition) is 0. The largest absolute Gasteiger partial charge is 0.307 e. The predicted molar refractivity (Wildman–Crippen MR) is 55.7 cm³/mol. The van der Waals surface area contributed by atoms with Gasteiger partial charge < -0.3 is 4.79 Å². The first-order valence-electron chi connectivity index (χ1n) is 3.61. The molecule has 0 atom stereocenters. The molecule has 2 rings (SSSR count). The van der Waals surface area contributed by atoms with Crippen LogP contribution in [0.1, 0.15) is 0 Å². The van der Waals surface area contributed by atoms with Gasteiger partial charge in [0.05, 0.1) is 0 Å². The molecule has 0 aromatic carbocycles. The minimum atomic E-state index is 1.71. The molecule has 0 spiro atoms. The van der Waals surface area contributed by atoms with E-state index in [4.69, 9.17) is 4.79 Å². The van der Waals surface area contributed by atoms with Gasteiger partial charge in [-0.2, -0.15) is 11.3 Å². The Labute approximate surface area is 81.9 Å². The number of thiophene rings is 1. The van der Waals surface area contributed by atoms with E-state index in [0.717, 1.165) is 0 Å². The zero-order chi connectivity index (χ0) is 9.78. The lowest BCUT2D eigenvalue weighted by molar-refractivity contribution is -0.0979. The average molecular weight is 193 g/mol. The molecule has 13 heavy (non-hydrogen) atoms. The lowest BCUT2D eigenvalue weighted by atomic mass is 10.5. The molecule has 0 saturated heterocycles. The zero-order valence-electron chi connectivity index (χ0n) is 7.17. The molecular formula is C10H11NOS. The number of carbonyl (C=O) groups excluding carboxylic acids is 1. The number of aromatic nitrogens is 1. The third kappa shape index (κ3) is 8.43. The van der Waals surface area contributed by atoms with Gasteiger partial charge in [0.2, 0.25) is 0 Å². The van der Waals surface area contributed by atoms with Crippen LogP contribution in [0, 0.1) is 0 Å². The lowest BCUT2D eigenvalue weighted by Crippen LogP contribution is -1.58. The van der Waals surface area contributed by atoms with Gasteiger partial charge in [-0.1, -0.05) is 18.2 Å². The zero-order valence-corrected chi connectivity index (χ0v) is 7.98. The van der Waals surface area contributed by atoms with Crippen LogP contribution in [0.5, 0.6) is 0 Å². The van der Waals surface area contributed by atoms with E-state index in [0.29, 0.717) is 0 Å². The maximum absolute atomic E-state index is 8.00. The molecule has 0 aliphatic heterocycles. The molecule has 0 bridgehead atoms. The first kappa shape index (κ1) is 11.5. The quantitative estimate of drug-likeness (QED) is 0.643. The van der Waals surface area contributed by atoms with Crippen molar-refractivity contribution in [1.82, 2.24) is 4.98 Å². The molecule has 0 fully saturated rings. The van der Waals surface area contributed by atoms with E-state index in [1.165, 1.54) is 0 Å². The summed E-state index contributed by atoms with van der Waals surface area (Å²) in [7, 11) is 0. The molecule has 0 amide bonds. The Morgan fingerprint density at radius 3 is 1.54 bits per heavy atom. The summed E-state index contributed by atoms with van der Waals surface area (Å²) in [4.78, 5) is 11.8. The van der Waals surface area contributed by atoms with E-state index in [1.807, 2.05) is 47.9 Å². The van der Waals surface area contributed by atoms with Crippen molar-refractivity contribution in [1.29, 1.82) is 0 Å². The Balaban J connectivity index is 0.000000189. The minimum Gasteiger partial charge on any atom is -0.307 e. The summed E-state index contributed by atoms with van der Waals surface area (Å²) in [5, 5.41) is 4.08. The molecule has 68 valence electrons. The molecule has 3 heteroatoms. The highest BCUT2D eigenvalue weighted by atomic mass is 32.1. The Hall–Kier alpha value is -1.48. The molecule has 0 aliphatic carbocycles. The molecule has 2 heterocycles.